The summed E-state index contributed by atoms with van der Waals surface area (Å²) >= 11 is 1.93. The van der Waals surface area contributed by atoms with Gasteiger partial charge < -0.3 is 9.63 Å². The summed E-state index contributed by atoms with van der Waals surface area (Å²) in [6.45, 7) is 3.77. The molecule has 1 N–H and O–H groups in total. The summed E-state index contributed by atoms with van der Waals surface area (Å²) in [6.07, 6.45) is 1.12. The van der Waals surface area contributed by atoms with Crippen molar-refractivity contribution in [2.45, 2.75) is 6.42 Å². The Labute approximate surface area is 138 Å². The number of ketones is 2. The minimum Gasteiger partial charge on any atom is -0.512 e. The average molecular weight is 414 g/mol. The second kappa shape index (κ2) is 6.54. The molecule has 6 heteroatoms. The first-order chi connectivity index (χ1) is 9.95. The molecule has 21 heavy (non-hydrogen) atoms. The van der Waals surface area contributed by atoms with Gasteiger partial charge in [-0.15, -0.1) is 0 Å². The molecular formula is C15H12IO4P. The second-order valence-electron chi connectivity index (χ2n) is 4.38. The number of carbonyl (C=O) groups is 2. The normalized spacial score (nSPS) is 22.4. The van der Waals surface area contributed by atoms with E-state index in [0.29, 0.717) is 3.58 Å². The first kappa shape index (κ1) is 15.9. The number of aliphatic hydroxyl groups is 1. The van der Waals surface area contributed by atoms with E-state index in [1.165, 1.54) is 6.08 Å². The number of halogens is 1. The summed E-state index contributed by atoms with van der Waals surface area (Å²) in [5.74, 6) is -0.537. The molecular weight excluding hydrogens is 402 g/mol. The van der Waals surface area contributed by atoms with Crippen LogP contribution < -0.4 is 0 Å². The highest BCUT2D eigenvalue weighted by Gasteiger charge is 2.23. The molecule has 1 unspecified atom stereocenters. The van der Waals surface area contributed by atoms with E-state index in [1.54, 1.807) is 24.3 Å². The zero-order valence-corrected chi connectivity index (χ0v) is 14.2. The van der Waals surface area contributed by atoms with Gasteiger partial charge in [-0.25, -0.2) is 0 Å². The Balaban J connectivity index is 2.69. The molecule has 0 bridgehead atoms. The van der Waals surface area contributed by atoms with E-state index in [4.69, 9.17) is 4.52 Å². The van der Waals surface area contributed by atoms with Crippen LogP contribution in [-0.4, -0.2) is 16.7 Å². The second-order valence-corrected chi connectivity index (χ2v) is 5.70. The van der Waals surface area contributed by atoms with Gasteiger partial charge in [-0.3, -0.25) is 9.59 Å². The zero-order valence-electron chi connectivity index (χ0n) is 10.9. The Morgan fingerprint density at radius 2 is 1.86 bits per heavy atom. The fraction of sp³-hybridized carbons (Fsp3) is 0.0667. The summed E-state index contributed by atoms with van der Waals surface area (Å²) in [5, 5.41) is 9.90. The Morgan fingerprint density at radius 3 is 2.48 bits per heavy atom. The summed E-state index contributed by atoms with van der Waals surface area (Å²) in [4.78, 5) is 24.7. The molecule has 0 amide bonds. The summed E-state index contributed by atoms with van der Waals surface area (Å²) in [5.41, 5.74) is 0.766. The molecule has 1 atom stereocenters. The van der Waals surface area contributed by atoms with Crippen LogP contribution in [0, 0.1) is 0 Å². The molecule has 0 aromatic heterocycles. The third-order valence-electron chi connectivity index (χ3n) is 2.99. The van der Waals surface area contributed by atoms with Crippen molar-refractivity contribution in [2.24, 2.45) is 0 Å². The lowest BCUT2D eigenvalue weighted by Crippen LogP contribution is -2.13. The number of aliphatic hydroxyl groups excluding tert-OH is 1. The average Bonchev–Trinajstić information content (AvgIpc) is 2.49. The maximum atomic E-state index is 12.5. The number of carbonyl (C=O) groups excluding carboxylic acids is 2. The topological polar surface area (TPSA) is 63.6 Å². The number of Topliss-reactive ketones (excluding diaryl/α,β-unsaturated/α-hetero) is 2. The van der Waals surface area contributed by atoms with Gasteiger partial charge in [0.05, 0.1) is 19.5 Å². The fourth-order valence-electron chi connectivity index (χ4n) is 1.95. The number of rotatable bonds is 1. The standard InChI is InChI=1S/C15H12IO4P/c1-8-14(16)13(20-21)7-9(17)6-12(18)10-4-2-3-5-11(10)15(8)19/h2-5,7,17H,1,6,21H2/b9-7+,14-13-. The summed E-state index contributed by atoms with van der Waals surface area (Å²) in [7, 11) is 2.05. The van der Waals surface area contributed by atoms with Crippen LogP contribution in [0.2, 0.25) is 0 Å². The smallest absolute Gasteiger partial charge is 0.194 e. The van der Waals surface area contributed by atoms with Crippen LogP contribution in [0.25, 0.3) is 0 Å². The Hall–Kier alpha value is -1.46. The van der Waals surface area contributed by atoms with E-state index in [2.05, 4.69) is 6.58 Å². The third kappa shape index (κ3) is 3.24. The molecule has 0 aliphatic heterocycles. The fourth-order valence-corrected chi connectivity index (χ4v) is 2.90. The lowest BCUT2D eigenvalue weighted by Gasteiger charge is -2.13. The molecule has 1 aromatic carbocycles. The zero-order chi connectivity index (χ0) is 15.6. The van der Waals surface area contributed by atoms with Crippen molar-refractivity contribution in [3.8, 4) is 0 Å². The SMILES string of the molecule is C=C1C(=O)c2ccccc2C(=O)C/C(O)=C\C(OP)=C/1I. The van der Waals surface area contributed by atoms with Gasteiger partial charge in [0.25, 0.3) is 0 Å². The minimum absolute atomic E-state index is 0.136. The van der Waals surface area contributed by atoms with Crippen LogP contribution in [0.4, 0.5) is 0 Å². The van der Waals surface area contributed by atoms with Crippen molar-refractivity contribution < 1.29 is 19.2 Å². The molecule has 0 spiro atoms. The Kier molecular flexibility index (Phi) is 4.96. The quantitative estimate of drug-likeness (QED) is 0.430. The molecule has 0 heterocycles. The van der Waals surface area contributed by atoms with Crippen LogP contribution in [0.3, 0.4) is 0 Å². The number of hydrogen-bond donors (Lipinski definition) is 1. The van der Waals surface area contributed by atoms with Gasteiger partial charge in [0.2, 0.25) is 0 Å². The molecule has 108 valence electrons. The molecule has 2 rings (SSSR count). The van der Waals surface area contributed by atoms with E-state index in [-0.39, 0.29) is 46.2 Å². The largest absolute Gasteiger partial charge is 0.512 e. The monoisotopic (exact) mass is 414 g/mol. The maximum Gasteiger partial charge on any atom is 0.194 e. The number of fused-ring (bicyclic) bond motifs is 1. The van der Waals surface area contributed by atoms with Gasteiger partial charge in [-0.05, 0) is 22.6 Å². The van der Waals surface area contributed by atoms with E-state index in [1.807, 2.05) is 32.1 Å². The van der Waals surface area contributed by atoms with Gasteiger partial charge in [-0.2, -0.15) is 0 Å². The van der Waals surface area contributed by atoms with Crippen molar-refractivity contribution in [2.75, 3.05) is 0 Å². The summed E-state index contributed by atoms with van der Waals surface area (Å²) in [6, 6.07) is 6.51. The lowest BCUT2D eigenvalue weighted by atomic mass is 9.94. The highest BCUT2D eigenvalue weighted by molar-refractivity contribution is 14.1. The van der Waals surface area contributed by atoms with Crippen molar-refractivity contribution >= 4 is 43.6 Å². The Morgan fingerprint density at radius 1 is 1.24 bits per heavy atom. The Bertz CT molecular complexity index is 703. The van der Waals surface area contributed by atoms with Crippen LogP contribution in [0.15, 0.2) is 57.6 Å². The van der Waals surface area contributed by atoms with Crippen molar-refractivity contribution in [1.29, 1.82) is 0 Å². The van der Waals surface area contributed by atoms with E-state index in [0.717, 1.165) is 0 Å². The van der Waals surface area contributed by atoms with Gasteiger partial charge >= 0.3 is 0 Å². The molecule has 1 aliphatic carbocycles. The highest BCUT2D eigenvalue weighted by atomic mass is 127. The van der Waals surface area contributed by atoms with Gasteiger partial charge in [0, 0.05) is 22.8 Å². The molecule has 0 saturated carbocycles. The predicted octanol–water partition coefficient (Wildman–Crippen LogP) is 3.91. The number of allylic oxidation sites excluding steroid dienone is 4. The molecule has 1 aromatic rings. The van der Waals surface area contributed by atoms with Crippen LogP contribution in [-0.2, 0) is 4.52 Å². The predicted molar refractivity (Wildman–Crippen MR) is 91.4 cm³/mol. The van der Waals surface area contributed by atoms with Crippen LogP contribution in [0.1, 0.15) is 27.1 Å². The lowest BCUT2D eigenvalue weighted by molar-refractivity contribution is 0.0964. The van der Waals surface area contributed by atoms with E-state index >= 15 is 0 Å². The van der Waals surface area contributed by atoms with Gasteiger partial charge in [0.1, 0.15) is 11.5 Å². The molecule has 0 radical (unpaired) electrons. The number of benzene rings is 1. The molecule has 0 saturated heterocycles. The van der Waals surface area contributed by atoms with Crippen molar-refractivity contribution in [3.63, 3.8) is 0 Å². The van der Waals surface area contributed by atoms with Gasteiger partial charge in [0.15, 0.2) is 11.6 Å². The molecule has 1 aliphatic rings. The van der Waals surface area contributed by atoms with Gasteiger partial charge in [-0.1, -0.05) is 30.8 Å². The number of hydrogen-bond acceptors (Lipinski definition) is 4. The van der Waals surface area contributed by atoms with E-state index in [9.17, 15) is 14.7 Å². The molecule has 4 nitrogen and oxygen atoms in total. The summed E-state index contributed by atoms with van der Waals surface area (Å²) < 4.78 is 5.55. The van der Waals surface area contributed by atoms with Crippen LogP contribution >= 0.6 is 32.1 Å². The van der Waals surface area contributed by atoms with E-state index < -0.39 is 0 Å². The maximum absolute atomic E-state index is 12.5. The first-order valence-electron chi connectivity index (χ1n) is 5.98. The third-order valence-corrected chi connectivity index (χ3v) is 4.43. The highest BCUT2D eigenvalue weighted by Crippen LogP contribution is 2.30. The van der Waals surface area contributed by atoms with Crippen LogP contribution in [0.5, 0.6) is 0 Å². The molecule has 0 fully saturated rings. The first-order valence-corrected chi connectivity index (χ1v) is 7.53. The minimum atomic E-state index is -0.335. The van der Waals surface area contributed by atoms with Crippen molar-refractivity contribution in [3.05, 3.63) is 68.7 Å². The van der Waals surface area contributed by atoms with Crippen molar-refractivity contribution in [1.82, 2.24) is 0 Å².